The van der Waals surface area contributed by atoms with Gasteiger partial charge in [0.15, 0.2) is 0 Å². The molecule has 4 rings (SSSR count). The SMILES string of the molecule is COc1ccc(OC)c(N(C(=O)Cn2nnc3ccccc32)[C@@H](C(=O)NC(C)(C)C)c2ccccc2F)c1. The Kier molecular flexibility index (Phi) is 7.61. The maximum Gasteiger partial charge on any atom is 0.249 e. The van der Waals surface area contributed by atoms with E-state index in [1.165, 1.54) is 42.0 Å². The predicted octanol–water partition coefficient (Wildman–Crippen LogP) is 4.28. The number of benzene rings is 3. The normalized spacial score (nSPS) is 12.2. The number of para-hydroxylation sites is 1. The van der Waals surface area contributed by atoms with Gasteiger partial charge in [-0.05, 0) is 51.1 Å². The third kappa shape index (κ3) is 5.59. The molecule has 0 aliphatic heterocycles. The fourth-order valence-corrected chi connectivity index (χ4v) is 4.17. The molecule has 0 spiro atoms. The van der Waals surface area contributed by atoms with Gasteiger partial charge >= 0.3 is 0 Å². The van der Waals surface area contributed by atoms with Gasteiger partial charge in [-0.3, -0.25) is 14.5 Å². The van der Waals surface area contributed by atoms with Crippen LogP contribution in [0.15, 0.2) is 66.7 Å². The van der Waals surface area contributed by atoms with Gasteiger partial charge in [0, 0.05) is 17.2 Å². The highest BCUT2D eigenvalue weighted by atomic mass is 19.1. The molecule has 1 atom stereocenters. The van der Waals surface area contributed by atoms with Crippen LogP contribution in [-0.2, 0) is 16.1 Å². The van der Waals surface area contributed by atoms with Crippen molar-refractivity contribution in [3.05, 3.63) is 78.1 Å². The van der Waals surface area contributed by atoms with Gasteiger partial charge < -0.3 is 14.8 Å². The molecule has 0 saturated heterocycles. The van der Waals surface area contributed by atoms with E-state index in [1.54, 1.807) is 36.4 Å². The Labute approximate surface area is 220 Å². The zero-order chi connectivity index (χ0) is 27.4. The van der Waals surface area contributed by atoms with Crippen LogP contribution in [0.1, 0.15) is 32.4 Å². The van der Waals surface area contributed by atoms with Gasteiger partial charge in [0.05, 0.1) is 25.4 Å². The summed E-state index contributed by atoms with van der Waals surface area (Å²) in [7, 11) is 2.94. The second-order valence-electron chi connectivity index (χ2n) is 9.70. The molecule has 0 bridgehead atoms. The van der Waals surface area contributed by atoms with Crippen LogP contribution < -0.4 is 19.7 Å². The molecule has 3 aromatic carbocycles. The van der Waals surface area contributed by atoms with Crippen molar-refractivity contribution in [1.29, 1.82) is 0 Å². The largest absolute Gasteiger partial charge is 0.497 e. The summed E-state index contributed by atoms with van der Waals surface area (Å²) in [6.07, 6.45) is 0. The number of nitrogens with one attached hydrogen (secondary N) is 1. The highest BCUT2D eigenvalue weighted by molar-refractivity contribution is 6.03. The summed E-state index contributed by atoms with van der Waals surface area (Å²) in [5.74, 6) is -1.01. The lowest BCUT2D eigenvalue weighted by molar-refractivity contribution is -0.128. The van der Waals surface area contributed by atoms with Gasteiger partial charge in [0.1, 0.15) is 35.4 Å². The molecule has 198 valence electrons. The summed E-state index contributed by atoms with van der Waals surface area (Å²) >= 11 is 0. The van der Waals surface area contributed by atoms with E-state index in [4.69, 9.17) is 9.47 Å². The number of aromatic nitrogens is 3. The molecule has 0 radical (unpaired) electrons. The molecule has 0 saturated carbocycles. The van der Waals surface area contributed by atoms with E-state index in [9.17, 15) is 9.59 Å². The summed E-state index contributed by atoms with van der Waals surface area (Å²) in [6.45, 7) is 5.16. The molecule has 2 amide bonds. The van der Waals surface area contributed by atoms with E-state index in [0.717, 1.165) is 0 Å². The highest BCUT2D eigenvalue weighted by Gasteiger charge is 2.37. The lowest BCUT2D eigenvalue weighted by atomic mass is 10.00. The van der Waals surface area contributed by atoms with Crippen molar-refractivity contribution in [1.82, 2.24) is 20.3 Å². The second kappa shape index (κ2) is 10.9. The summed E-state index contributed by atoms with van der Waals surface area (Å²) in [6, 6.07) is 16.6. The number of ether oxygens (including phenoxy) is 2. The van der Waals surface area contributed by atoms with E-state index in [2.05, 4.69) is 15.6 Å². The van der Waals surface area contributed by atoms with E-state index in [-0.39, 0.29) is 17.8 Å². The molecule has 1 aromatic heterocycles. The van der Waals surface area contributed by atoms with Crippen LogP contribution in [-0.4, -0.2) is 46.6 Å². The zero-order valence-corrected chi connectivity index (χ0v) is 21.9. The van der Waals surface area contributed by atoms with Crippen molar-refractivity contribution >= 4 is 28.5 Å². The second-order valence-corrected chi connectivity index (χ2v) is 9.70. The van der Waals surface area contributed by atoms with Gasteiger partial charge in [-0.2, -0.15) is 0 Å². The topological polar surface area (TPSA) is 98.6 Å². The van der Waals surface area contributed by atoms with E-state index >= 15 is 4.39 Å². The molecule has 9 nitrogen and oxygen atoms in total. The minimum absolute atomic E-state index is 0.0240. The lowest BCUT2D eigenvalue weighted by Gasteiger charge is -2.34. The van der Waals surface area contributed by atoms with E-state index < -0.39 is 29.2 Å². The highest BCUT2D eigenvalue weighted by Crippen LogP contribution is 2.38. The van der Waals surface area contributed by atoms with Crippen LogP contribution in [0.25, 0.3) is 11.0 Å². The number of methoxy groups -OCH3 is 2. The molecular formula is C28H30FN5O4. The zero-order valence-electron chi connectivity index (χ0n) is 21.9. The summed E-state index contributed by atoms with van der Waals surface area (Å²) in [5, 5.41) is 11.2. The van der Waals surface area contributed by atoms with Crippen LogP contribution in [0.2, 0.25) is 0 Å². The fourth-order valence-electron chi connectivity index (χ4n) is 4.17. The molecule has 1 heterocycles. The maximum absolute atomic E-state index is 15.3. The number of hydrogen-bond acceptors (Lipinski definition) is 6. The number of fused-ring (bicyclic) bond motifs is 1. The van der Waals surface area contributed by atoms with Crippen molar-refractivity contribution in [2.24, 2.45) is 0 Å². The minimum Gasteiger partial charge on any atom is -0.497 e. The van der Waals surface area contributed by atoms with Gasteiger partial charge in [-0.15, -0.1) is 5.10 Å². The first-order chi connectivity index (χ1) is 18.1. The van der Waals surface area contributed by atoms with Crippen molar-refractivity contribution in [2.75, 3.05) is 19.1 Å². The third-order valence-corrected chi connectivity index (χ3v) is 5.82. The fraction of sp³-hybridized carbons (Fsp3) is 0.286. The van der Waals surface area contributed by atoms with Crippen molar-refractivity contribution in [3.63, 3.8) is 0 Å². The average Bonchev–Trinajstić information content (AvgIpc) is 3.29. The number of halogens is 1. The van der Waals surface area contributed by atoms with Crippen LogP contribution >= 0.6 is 0 Å². The van der Waals surface area contributed by atoms with Crippen molar-refractivity contribution < 1.29 is 23.5 Å². The quantitative estimate of drug-likeness (QED) is 0.373. The minimum atomic E-state index is -1.38. The Morgan fingerprint density at radius 3 is 2.42 bits per heavy atom. The molecule has 38 heavy (non-hydrogen) atoms. The molecule has 0 aliphatic carbocycles. The monoisotopic (exact) mass is 519 g/mol. The van der Waals surface area contributed by atoms with E-state index in [0.29, 0.717) is 22.5 Å². The Bertz CT molecular complexity index is 1460. The van der Waals surface area contributed by atoms with Crippen molar-refractivity contribution in [2.45, 2.75) is 38.9 Å². The van der Waals surface area contributed by atoms with Crippen LogP contribution in [0.4, 0.5) is 10.1 Å². The van der Waals surface area contributed by atoms with Gasteiger partial charge in [-0.25, -0.2) is 9.07 Å². The standard InChI is InChI=1S/C28H30FN5O4/c1-28(2,3)30-27(36)26(19-10-6-7-11-20(19)29)34(23-16-18(37-4)14-15-24(23)38-5)25(35)17-33-22-13-9-8-12-21(22)31-32-33/h6-16,26H,17H2,1-5H3,(H,30,36)/t26-/m1/s1. The first-order valence-corrected chi connectivity index (χ1v) is 12.0. The Morgan fingerprint density at radius 2 is 1.74 bits per heavy atom. The van der Waals surface area contributed by atoms with Crippen LogP contribution in [0.3, 0.4) is 0 Å². The summed E-state index contributed by atoms with van der Waals surface area (Å²) in [5.41, 5.74) is 0.854. The number of hydrogen-bond donors (Lipinski definition) is 1. The smallest absolute Gasteiger partial charge is 0.249 e. The number of anilines is 1. The lowest BCUT2D eigenvalue weighted by Crippen LogP contribution is -2.50. The first-order valence-electron chi connectivity index (χ1n) is 12.0. The third-order valence-electron chi connectivity index (χ3n) is 5.82. The molecule has 0 aliphatic rings. The molecule has 4 aromatic rings. The molecule has 10 heteroatoms. The Hall–Kier alpha value is -4.47. The van der Waals surface area contributed by atoms with E-state index in [1.807, 2.05) is 32.9 Å². The first kappa shape index (κ1) is 26.6. The molecule has 1 N–H and O–H groups in total. The number of carbonyl (C=O) groups excluding carboxylic acids is 2. The summed E-state index contributed by atoms with van der Waals surface area (Å²) in [4.78, 5) is 29.2. The number of carbonyl (C=O) groups is 2. The molecule has 0 unspecified atom stereocenters. The number of rotatable bonds is 8. The average molecular weight is 520 g/mol. The van der Waals surface area contributed by atoms with Crippen molar-refractivity contribution in [3.8, 4) is 11.5 Å². The van der Waals surface area contributed by atoms with Crippen LogP contribution in [0, 0.1) is 5.82 Å². The molecule has 0 fully saturated rings. The Morgan fingerprint density at radius 1 is 1.03 bits per heavy atom. The van der Waals surface area contributed by atoms with Gasteiger partial charge in [0.2, 0.25) is 11.8 Å². The number of nitrogens with zero attached hydrogens (tertiary/aromatic N) is 4. The predicted molar refractivity (Wildman–Crippen MR) is 142 cm³/mol. The van der Waals surface area contributed by atoms with Crippen LogP contribution in [0.5, 0.6) is 11.5 Å². The maximum atomic E-state index is 15.3. The molecular weight excluding hydrogens is 489 g/mol. The summed E-state index contributed by atoms with van der Waals surface area (Å²) < 4.78 is 27.7. The number of amides is 2. The van der Waals surface area contributed by atoms with Gasteiger partial charge in [0.25, 0.3) is 0 Å². The van der Waals surface area contributed by atoms with Gasteiger partial charge in [-0.1, -0.05) is 35.5 Å². The Balaban J connectivity index is 1.92.